The number of fused-ring (bicyclic) bond motifs is 1. The van der Waals surface area contributed by atoms with Crippen molar-refractivity contribution in [3.8, 4) is 6.07 Å². The van der Waals surface area contributed by atoms with E-state index in [1.807, 2.05) is 4.72 Å². The molecule has 1 fully saturated rings. The standard InChI is InChI=1S/C20H20N6O4S/c1-31(29,30)25-19(27)13-4-6-14(7-5-13)23-18-17-16(9-11-22-20(17)28)26(24-18)15(8-10-21)12-2-3-12/h4-7,9,11-12,15H,2-3,8H2,1H3,(H,22,28)(H,23,24)(H,25,27). The number of hydrogen-bond acceptors (Lipinski definition) is 7. The van der Waals surface area contributed by atoms with Gasteiger partial charge in [0, 0.05) is 17.4 Å². The number of pyridine rings is 1. The average molecular weight is 440 g/mol. The maximum atomic E-state index is 12.5. The molecule has 3 aromatic rings. The lowest BCUT2D eigenvalue weighted by Crippen LogP contribution is -2.29. The largest absolute Gasteiger partial charge is 0.338 e. The van der Waals surface area contributed by atoms with Crippen molar-refractivity contribution in [3.63, 3.8) is 0 Å². The van der Waals surface area contributed by atoms with Gasteiger partial charge in [-0.1, -0.05) is 0 Å². The smallest absolute Gasteiger partial charge is 0.264 e. The van der Waals surface area contributed by atoms with Gasteiger partial charge in [0.2, 0.25) is 10.0 Å². The first-order chi connectivity index (χ1) is 14.8. The molecule has 1 aliphatic rings. The van der Waals surface area contributed by atoms with Crippen molar-refractivity contribution < 1.29 is 13.2 Å². The van der Waals surface area contributed by atoms with Crippen molar-refractivity contribution in [2.24, 2.45) is 5.92 Å². The molecule has 0 radical (unpaired) electrons. The number of aromatic amines is 1. The lowest BCUT2D eigenvalue weighted by Gasteiger charge is -2.14. The van der Waals surface area contributed by atoms with Crippen LogP contribution < -0.4 is 15.6 Å². The van der Waals surface area contributed by atoms with E-state index in [0.29, 0.717) is 34.7 Å². The molecule has 1 aliphatic carbocycles. The van der Waals surface area contributed by atoms with E-state index in [0.717, 1.165) is 19.1 Å². The summed E-state index contributed by atoms with van der Waals surface area (Å²) in [5.41, 5.74) is 1.07. The maximum Gasteiger partial charge on any atom is 0.264 e. The molecule has 0 spiro atoms. The molecule has 4 rings (SSSR count). The molecule has 0 saturated heterocycles. The zero-order valence-corrected chi connectivity index (χ0v) is 17.4. The fourth-order valence-corrected chi connectivity index (χ4v) is 3.99. The lowest BCUT2D eigenvalue weighted by atomic mass is 10.1. The summed E-state index contributed by atoms with van der Waals surface area (Å²) < 4.78 is 26.1. The third kappa shape index (κ3) is 4.44. The van der Waals surface area contributed by atoms with Crippen molar-refractivity contribution in [2.75, 3.05) is 11.6 Å². The van der Waals surface area contributed by atoms with Gasteiger partial charge in [-0.25, -0.2) is 13.1 Å². The number of nitriles is 1. The molecule has 11 heteroatoms. The van der Waals surface area contributed by atoms with Gasteiger partial charge in [-0.2, -0.15) is 10.4 Å². The number of amides is 1. The molecular weight excluding hydrogens is 420 g/mol. The minimum absolute atomic E-state index is 0.105. The molecule has 0 aliphatic heterocycles. The van der Waals surface area contributed by atoms with Gasteiger partial charge < -0.3 is 10.3 Å². The quantitative estimate of drug-likeness (QED) is 0.509. The number of anilines is 2. The van der Waals surface area contributed by atoms with Crippen LogP contribution in [0.2, 0.25) is 0 Å². The Kier molecular flexibility index (Phi) is 5.24. The van der Waals surface area contributed by atoms with E-state index in [9.17, 15) is 23.3 Å². The number of rotatable bonds is 7. The second-order valence-corrected chi connectivity index (χ2v) is 9.28. The summed E-state index contributed by atoms with van der Waals surface area (Å²) in [5, 5.41) is 17.3. The second-order valence-electron chi connectivity index (χ2n) is 7.53. The van der Waals surface area contributed by atoms with Crippen LogP contribution in [0.15, 0.2) is 41.3 Å². The first-order valence-electron chi connectivity index (χ1n) is 9.63. The van der Waals surface area contributed by atoms with Gasteiger partial charge in [0.1, 0.15) is 5.39 Å². The third-order valence-corrected chi connectivity index (χ3v) is 5.66. The second kappa shape index (κ2) is 7.88. The minimum Gasteiger partial charge on any atom is -0.338 e. The molecule has 1 unspecified atom stereocenters. The van der Waals surface area contributed by atoms with E-state index >= 15 is 0 Å². The number of nitrogens with one attached hydrogen (secondary N) is 3. The Morgan fingerprint density at radius 3 is 2.65 bits per heavy atom. The van der Waals surface area contributed by atoms with Gasteiger partial charge in [-0.05, 0) is 49.1 Å². The van der Waals surface area contributed by atoms with Crippen molar-refractivity contribution in [2.45, 2.75) is 25.3 Å². The van der Waals surface area contributed by atoms with E-state index in [1.165, 1.54) is 12.1 Å². The van der Waals surface area contributed by atoms with Crippen molar-refractivity contribution in [1.82, 2.24) is 19.5 Å². The van der Waals surface area contributed by atoms with Crippen LogP contribution >= 0.6 is 0 Å². The van der Waals surface area contributed by atoms with Gasteiger partial charge in [0.05, 0.1) is 30.3 Å². The Morgan fingerprint density at radius 1 is 1.32 bits per heavy atom. The van der Waals surface area contributed by atoms with Gasteiger partial charge >= 0.3 is 0 Å². The van der Waals surface area contributed by atoms with Crippen LogP contribution in [0, 0.1) is 17.2 Å². The SMILES string of the molecule is CS(=O)(=O)NC(=O)c1ccc(Nc2nn(C(CC#N)C3CC3)c3cc[nH]c(=O)c23)cc1. The van der Waals surface area contributed by atoms with E-state index < -0.39 is 15.9 Å². The Hall–Kier alpha value is -3.65. The number of benzene rings is 1. The zero-order valence-electron chi connectivity index (χ0n) is 16.6. The van der Waals surface area contributed by atoms with E-state index in [4.69, 9.17) is 0 Å². The minimum atomic E-state index is -3.66. The molecule has 31 heavy (non-hydrogen) atoms. The number of carbonyl (C=O) groups is 1. The predicted molar refractivity (Wildman–Crippen MR) is 114 cm³/mol. The highest BCUT2D eigenvalue weighted by atomic mass is 32.2. The highest BCUT2D eigenvalue weighted by molar-refractivity contribution is 7.89. The summed E-state index contributed by atoms with van der Waals surface area (Å²) in [6.45, 7) is 0. The summed E-state index contributed by atoms with van der Waals surface area (Å²) in [7, 11) is -3.66. The van der Waals surface area contributed by atoms with Crippen LogP contribution in [0.5, 0.6) is 0 Å². The van der Waals surface area contributed by atoms with Gasteiger partial charge in [-0.3, -0.25) is 14.3 Å². The topological polar surface area (TPSA) is 150 Å². The Morgan fingerprint density at radius 2 is 2.03 bits per heavy atom. The van der Waals surface area contributed by atoms with Gasteiger partial charge in [0.25, 0.3) is 11.5 Å². The fourth-order valence-electron chi connectivity index (χ4n) is 3.54. The number of hydrogen-bond donors (Lipinski definition) is 3. The molecule has 10 nitrogen and oxygen atoms in total. The Bertz CT molecular complexity index is 1350. The van der Waals surface area contributed by atoms with Gasteiger partial charge in [-0.15, -0.1) is 0 Å². The molecule has 1 saturated carbocycles. The van der Waals surface area contributed by atoms with E-state index in [2.05, 4.69) is 21.5 Å². The maximum absolute atomic E-state index is 12.5. The summed E-state index contributed by atoms with van der Waals surface area (Å²) in [5.74, 6) is -0.0275. The molecular formula is C20H20N6O4S. The molecule has 2 aromatic heterocycles. The molecule has 1 amide bonds. The van der Waals surface area contributed by atoms with Crippen LogP contribution in [0.25, 0.3) is 10.9 Å². The summed E-state index contributed by atoms with van der Waals surface area (Å²) in [6.07, 6.45) is 4.81. The predicted octanol–water partition coefficient (Wildman–Crippen LogP) is 2.02. The van der Waals surface area contributed by atoms with Crippen molar-refractivity contribution >= 4 is 38.3 Å². The summed E-state index contributed by atoms with van der Waals surface area (Å²) >= 11 is 0. The third-order valence-electron chi connectivity index (χ3n) is 5.10. The van der Waals surface area contributed by atoms with E-state index in [-0.39, 0.29) is 17.2 Å². The zero-order chi connectivity index (χ0) is 22.2. The van der Waals surface area contributed by atoms with Crippen molar-refractivity contribution in [1.29, 1.82) is 5.26 Å². The number of sulfonamides is 1. The summed E-state index contributed by atoms with van der Waals surface area (Å²) in [4.78, 5) is 27.1. The molecule has 2 heterocycles. The van der Waals surface area contributed by atoms with Gasteiger partial charge in [0.15, 0.2) is 5.82 Å². The molecule has 3 N–H and O–H groups in total. The first kappa shape index (κ1) is 20.6. The van der Waals surface area contributed by atoms with E-state index in [1.54, 1.807) is 29.1 Å². The van der Waals surface area contributed by atoms with Crippen LogP contribution in [0.1, 0.15) is 35.7 Å². The first-order valence-corrected chi connectivity index (χ1v) is 11.5. The van der Waals surface area contributed by atoms with Crippen LogP contribution in [-0.2, 0) is 10.0 Å². The van der Waals surface area contributed by atoms with Crippen LogP contribution in [0.4, 0.5) is 11.5 Å². The Labute approximate surface area is 177 Å². The number of nitrogens with zero attached hydrogens (tertiary/aromatic N) is 3. The Balaban J connectivity index is 1.67. The summed E-state index contributed by atoms with van der Waals surface area (Å²) in [6, 6.07) is 9.99. The number of H-pyrrole nitrogens is 1. The lowest BCUT2D eigenvalue weighted by molar-refractivity contribution is 0.0981. The molecule has 160 valence electrons. The highest BCUT2D eigenvalue weighted by Gasteiger charge is 2.34. The van der Waals surface area contributed by atoms with Crippen molar-refractivity contribution in [3.05, 3.63) is 52.4 Å². The molecule has 0 bridgehead atoms. The average Bonchev–Trinajstić information content (AvgIpc) is 3.48. The number of aromatic nitrogens is 3. The normalized spacial score (nSPS) is 14.7. The van der Waals surface area contributed by atoms with Crippen LogP contribution in [-0.4, -0.2) is 35.3 Å². The fraction of sp³-hybridized carbons (Fsp3) is 0.300. The molecule has 1 aromatic carbocycles. The molecule has 1 atom stereocenters. The highest BCUT2D eigenvalue weighted by Crippen LogP contribution is 2.42. The monoisotopic (exact) mass is 440 g/mol. The van der Waals surface area contributed by atoms with Crippen LogP contribution in [0.3, 0.4) is 0 Å². The number of carbonyl (C=O) groups excluding carboxylic acids is 1.